The molecular weight excluding hydrogens is 543 g/mol. The van der Waals surface area contributed by atoms with Gasteiger partial charge >= 0.3 is 38.6 Å². The zero-order valence-electron chi connectivity index (χ0n) is 20.0. The van der Waals surface area contributed by atoms with Gasteiger partial charge in [0, 0.05) is 17.9 Å². The van der Waals surface area contributed by atoms with E-state index in [4.69, 9.17) is 0 Å². The molecule has 186 valence electrons. The minimum atomic E-state index is -0.920. The third-order valence-electron chi connectivity index (χ3n) is 4.45. The second-order valence-corrected chi connectivity index (χ2v) is 7.61. The molecular formula is C24H45O6Tb. The molecule has 0 fully saturated rings. The number of aliphatic carboxylic acids is 3. The van der Waals surface area contributed by atoms with Crippen LogP contribution in [0.25, 0.3) is 0 Å². The number of hydrogen-bond acceptors (Lipinski definition) is 6. The van der Waals surface area contributed by atoms with Gasteiger partial charge < -0.3 is 29.7 Å². The van der Waals surface area contributed by atoms with Gasteiger partial charge in [0.15, 0.2) is 0 Å². The predicted octanol–water partition coefficient (Wildman–Crippen LogP) is 3.29. The molecule has 0 aliphatic heterocycles. The Kier molecular flexibility index (Phi) is 42.0. The first-order valence-corrected chi connectivity index (χ1v) is 11.9. The van der Waals surface area contributed by atoms with Crippen LogP contribution in [0.3, 0.4) is 0 Å². The average Bonchev–Trinajstić information content (AvgIpc) is 2.68. The third-order valence-corrected chi connectivity index (χ3v) is 4.45. The van der Waals surface area contributed by atoms with Gasteiger partial charge in [0.1, 0.15) is 0 Å². The number of hydrogen-bond donors (Lipinski definition) is 0. The normalized spacial score (nSPS) is 9.39. The summed E-state index contributed by atoms with van der Waals surface area (Å²) in [6.07, 6.45) is 16.8. The number of carboxylic acids is 3. The van der Waals surface area contributed by atoms with Crippen LogP contribution in [0.5, 0.6) is 0 Å². The van der Waals surface area contributed by atoms with Gasteiger partial charge in [-0.15, -0.1) is 0 Å². The van der Waals surface area contributed by atoms with Crippen LogP contribution in [0.2, 0.25) is 0 Å². The van der Waals surface area contributed by atoms with E-state index in [2.05, 4.69) is 20.8 Å². The topological polar surface area (TPSA) is 120 Å². The van der Waals surface area contributed by atoms with E-state index < -0.39 is 17.9 Å². The third kappa shape index (κ3) is 53.2. The summed E-state index contributed by atoms with van der Waals surface area (Å²) < 4.78 is 0. The smallest absolute Gasteiger partial charge is 0.550 e. The van der Waals surface area contributed by atoms with E-state index >= 15 is 0 Å². The Morgan fingerprint density at radius 2 is 0.613 bits per heavy atom. The molecule has 0 saturated heterocycles. The maximum Gasteiger partial charge on any atom is 3.00 e. The van der Waals surface area contributed by atoms with E-state index in [-0.39, 0.29) is 57.9 Å². The van der Waals surface area contributed by atoms with Crippen LogP contribution in [-0.2, 0) is 14.4 Å². The van der Waals surface area contributed by atoms with E-state index in [1.807, 2.05) is 0 Å². The van der Waals surface area contributed by atoms with Gasteiger partial charge in [-0.3, -0.25) is 0 Å². The molecule has 7 heteroatoms. The van der Waals surface area contributed by atoms with Crippen LogP contribution in [0.4, 0.5) is 0 Å². The van der Waals surface area contributed by atoms with Crippen molar-refractivity contribution in [2.45, 2.75) is 136 Å². The van der Waals surface area contributed by atoms with Crippen molar-refractivity contribution in [3.63, 3.8) is 0 Å². The fourth-order valence-corrected chi connectivity index (χ4v) is 2.62. The molecule has 0 N–H and O–H groups in total. The molecule has 0 rings (SSSR count). The maximum atomic E-state index is 9.92. The molecule has 0 bridgehead atoms. The minimum absolute atomic E-state index is 0. The molecule has 0 aromatic heterocycles. The molecule has 0 heterocycles. The Balaban J connectivity index is -0.000000174. The molecule has 0 atom stereocenters. The summed E-state index contributed by atoms with van der Waals surface area (Å²) in [5, 5.41) is 29.8. The van der Waals surface area contributed by atoms with Crippen LogP contribution in [0.1, 0.15) is 136 Å². The fourth-order valence-electron chi connectivity index (χ4n) is 2.62. The van der Waals surface area contributed by atoms with E-state index in [0.29, 0.717) is 0 Å². The van der Waals surface area contributed by atoms with Crippen LogP contribution in [0.15, 0.2) is 0 Å². The van der Waals surface area contributed by atoms with Crippen LogP contribution in [-0.4, -0.2) is 17.9 Å². The number of carbonyl (C=O) groups is 3. The van der Waals surface area contributed by atoms with Crippen LogP contribution in [0, 0.1) is 38.6 Å². The standard InChI is InChI=1S/3C8H16O2.Tb/c3*1-2-3-4-5-6-7-8(9)10;/h3*2-7H2,1H3,(H,9,10);/q;;;+3/p-3. The Bertz CT molecular complexity index is 331. The van der Waals surface area contributed by atoms with Gasteiger partial charge in [0.2, 0.25) is 0 Å². The molecule has 0 aliphatic carbocycles. The minimum Gasteiger partial charge on any atom is -0.550 e. The summed E-state index contributed by atoms with van der Waals surface area (Å²) in [7, 11) is 0. The van der Waals surface area contributed by atoms with Gasteiger partial charge in [-0.2, -0.15) is 0 Å². The molecule has 31 heavy (non-hydrogen) atoms. The van der Waals surface area contributed by atoms with Crippen LogP contribution < -0.4 is 15.3 Å². The summed E-state index contributed by atoms with van der Waals surface area (Å²) in [6, 6.07) is 0. The second kappa shape index (κ2) is 34.3. The maximum absolute atomic E-state index is 9.92. The molecule has 0 spiro atoms. The van der Waals surface area contributed by atoms with Gasteiger partial charge in [0.25, 0.3) is 0 Å². The van der Waals surface area contributed by atoms with Gasteiger partial charge in [-0.05, 0) is 38.5 Å². The Hall–Kier alpha value is -0.304. The van der Waals surface area contributed by atoms with E-state index in [1.165, 1.54) is 38.5 Å². The van der Waals surface area contributed by atoms with Gasteiger partial charge in [-0.25, -0.2) is 0 Å². The molecule has 0 radical (unpaired) electrons. The first-order chi connectivity index (χ1) is 14.3. The zero-order valence-corrected chi connectivity index (χ0v) is 22.1. The Morgan fingerprint density at radius 3 is 0.774 bits per heavy atom. The SMILES string of the molecule is CCCCCCCC(=O)[O-].CCCCCCCC(=O)[O-].CCCCCCCC(=O)[O-].[Tb+3]. The van der Waals surface area contributed by atoms with Crippen molar-refractivity contribution in [3.8, 4) is 0 Å². The molecule has 0 amide bonds. The average molecular weight is 589 g/mol. The summed E-state index contributed by atoms with van der Waals surface area (Å²) in [5.74, 6) is -2.76. The summed E-state index contributed by atoms with van der Waals surface area (Å²) in [4.78, 5) is 29.8. The molecule has 0 aromatic rings. The van der Waals surface area contributed by atoms with E-state index in [9.17, 15) is 29.7 Å². The first kappa shape index (κ1) is 38.0. The van der Waals surface area contributed by atoms with Crippen molar-refractivity contribution in [3.05, 3.63) is 0 Å². The number of unbranched alkanes of at least 4 members (excludes halogenated alkanes) is 12. The van der Waals surface area contributed by atoms with Crippen LogP contribution >= 0.6 is 0 Å². The summed E-state index contributed by atoms with van der Waals surface area (Å²) in [6.45, 7) is 6.41. The van der Waals surface area contributed by atoms with Crippen molar-refractivity contribution < 1.29 is 68.3 Å². The van der Waals surface area contributed by atoms with Crippen molar-refractivity contribution >= 4 is 17.9 Å². The number of carbonyl (C=O) groups excluding carboxylic acids is 3. The second-order valence-electron chi connectivity index (χ2n) is 7.61. The monoisotopic (exact) mass is 588 g/mol. The van der Waals surface area contributed by atoms with Gasteiger partial charge in [-0.1, -0.05) is 97.8 Å². The zero-order chi connectivity index (χ0) is 23.5. The Morgan fingerprint density at radius 1 is 0.419 bits per heavy atom. The summed E-state index contributed by atoms with van der Waals surface area (Å²) in [5.41, 5.74) is 0. The van der Waals surface area contributed by atoms with Crippen molar-refractivity contribution in [1.29, 1.82) is 0 Å². The predicted molar refractivity (Wildman–Crippen MR) is 115 cm³/mol. The van der Waals surface area contributed by atoms with E-state index in [0.717, 1.165) is 57.8 Å². The van der Waals surface area contributed by atoms with Crippen molar-refractivity contribution in [2.24, 2.45) is 0 Å². The molecule has 0 unspecified atom stereocenters. The molecule has 0 saturated carbocycles. The number of rotatable bonds is 18. The first-order valence-electron chi connectivity index (χ1n) is 11.9. The molecule has 6 nitrogen and oxygen atoms in total. The quantitative estimate of drug-likeness (QED) is 0.227. The van der Waals surface area contributed by atoms with Crippen molar-refractivity contribution in [2.75, 3.05) is 0 Å². The number of carboxylic acid groups (broad SMARTS) is 3. The van der Waals surface area contributed by atoms with Gasteiger partial charge in [0.05, 0.1) is 0 Å². The largest absolute Gasteiger partial charge is 3.00 e. The summed E-state index contributed by atoms with van der Waals surface area (Å²) >= 11 is 0. The Labute approximate surface area is 221 Å². The van der Waals surface area contributed by atoms with Crippen molar-refractivity contribution in [1.82, 2.24) is 0 Å². The van der Waals surface area contributed by atoms with E-state index in [1.54, 1.807) is 0 Å². The molecule has 0 aromatic carbocycles. The molecule has 0 aliphatic rings. The fraction of sp³-hybridized carbons (Fsp3) is 0.875.